The van der Waals surface area contributed by atoms with Crippen molar-refractivity contribution in [3.05, 3.63) is 53.9 Å². The van der Waals surface area contributed by atoms with E-state index in [1.807, 2.05) is 16.8 Å². The first-order valence-electron chi connectivity index (χ1n) is 6.12. The van der Waals surface area contributed by atoms with Crippen molar-refractivity contribution < 1.29 is 4.39 Å². The third-order valence-corrected chi connectivity index (χ3v) is 3.04. The Bertz CT molecular complexity index is 519. The fourth-order valence-corrected chi connectivity index (χ4v) is 2.17. The average Bonchev–Trinajstić information content (AvgIpc) is 2.82. The van der Waals surface area contributed by atoms with Crippen molar-refractivity contribution in [2.45, 2.75) is 25.8 Å². The lowest BCUT2D eigenvalue weighted by molar-refractivity contribution is 0.512. The second kappa shape index (κ2) is 5.31. The molecule has 0 aliphatic heterocycles. The number of rotatable bonds is 4. The molecule has 1 unspecified atom stereocenters. The fraction of sp³-hybridized carbons (Fsp3) is 0.357. The molecule has 0 saturated heterocycles. The van der Waals surface area contributed by atoms with E-state index >= 15 is 0 Å². The number of nitrogens with two attached hydrogens (primary N) is 1. The summed E-state index contributed by atoms with van der Waals surface area (Å²) in [7, 11) is 0. The number of hydrogen-bond donors (Lipinski definition) is 1. The molecule has 1 heterocycles. The van der Waals surface area contributed by atoms with Crippen LogP contribution >= 0.6 is 0 Å². The van der Waals surface area contributed by atoms with Crippen LogP contribution < -0.4 is 5.73 Å². The second-order valence-corrected chi connectivity index (χ2v) is 4.62. The van der Waals surface area contributed by atoms with Gasteiger partial charge in [0, 0.05) is 30.4 Å². The quantitative estimate of drug-likeness (QED) is 0.902. The van der Waals surface area contributed by atoms with Crippen molar-refractivity contribution in [1.29, 1.82) is 0 Å². The summed E-state index contributed by atoms with van der Waals surface area (Å²) in [6, 6.07) is 6.54. The van der Waals surface area contributed by atoms with Crippen LogP contribution in [0.15, 0.2) is 36.7 Å². The van der Waals surface area contributed by atoms with Gasteiger partial charge in [-0.25, -0.2) is 9.37 Å². The highest BCUT2D eigenvalue weighted by Gasteiger charge is 2.19. The monoisotopic (exact) mass is 247 g/mol. The molecule has 0 spiro atoms. The van der Waals surface area contributed by atoms with Crippen LogP contribution in [0.1, 0.15) is 37.2 Å². The molecule has 1 atom stereocenters. The Morgan fingerprint density at radius 1 is 1.33 bits per heavy atom. The maximum Gasteiger partial charge on any atom is 0.128 e. The van der Waals surface area contributed by atoms with E-state index in [1.54, 1.807) is 18.3 Å². The lowest BCUT2D eigenvalue weighted by atomic mass is 10.1. The van der Waals surface area contributed by atoms with Crippen molar-refractivity contribution in [1.82, 2.24) is 9.55 Å². The number of halogens is 1. The summed E-state index contributed by atoms with van der Waals surface area (Å²) in [5, 5.41) is 0. The average molecular weight is 247 g/mol. The molecule has 1 aromatic heterocycles. The molecule has 0 radical (unpaired) electrons. The van der Waals surface area contributed by atoms with Crippen LogP contribution in [0.25, 0.3) is 0 Å². The Balaban J connectivity index is 2.46. The zero-order chi connectivity index (χ0) is 13.1. The van der Waals surface area contributed by atoms with Crippen molar-refractivity contribution in [3.63, 3.8) is 0 Å². The molecule has 2 aromatic rings. The van der Waals surface area contributed by atoms with E-state index in [1.165, 1.54) is 6.07 Å². The van der Waals surface area contributed by atoms with Gasteiger partial charge in [0.15, 0.2) is 0 Å². The fourth-order valence-electron chi connectivity index (χ4n) is 2.17. The Kier molecular flexibility index (Phi) is 3.77. The minimum absolute atomic E-state index is 0.203. The van der Waals surface area contributed by atoms with Crippen LogP contribution in [-0.4, -0.2) is 16.1 Å². The van der Waals surface area contributed by atoms with Gasteiger partial charge in [0.1, 0.15) is 11.6 Å². The number of benzene rings is 1. The molecule has 0 aliphatic rings. The second-order valence-electron chi connectivity index (χ2n) is 4.62. The molecule has 0 aliphatic carbocycles. The van der Waals surface area contributed by atoms with E-state index in [0.29, 0.717) is 12.1 Å². The molecule has 4 heteroatoms. The summed E-state index contributed by atoms with van der Waals surface area (Å²) in [6.45, 7) is 4.47. The van der Waals surface area contributed by atoms with E-state index in [2.05, 4.69) is 18.8 Å². The molecule has 2 rings (SSSR count). The molecule has 2 N–H and O–H groups in total. The highest BCUT2D eigenvalue weighted by molar-refractivity contribution is 5.23. The Morgan fingerprint density at radius 2 is 2.06 bits per heavy atom. The SMILES string of the molecule is CC(C)c1nccn1C(CN)c1ccccc1F. The van der Waals surface area contributed by atoms with Crippen molar-refractivity contribution >= 4 is 0 Å². The minimum atomic E-state index is -0.226. The summed E-state index contributed by atoms with van der Waals surface area (Å²) in [4.78, 5) is 4.32. The van der Waals surface area contributed by atoms with Crippen molar-refractivity contribution in [2.75, 3.05) is 6.54 Å². The number of hydrogen-bond acceptors (Lipinski definition) is 2. The molecule has 96 valence electrons. The van der Waals surface area contributed by atoms with Crippen LogP contribution in [0.5, 0.6) is 0 Å². The highest BCUT2D eigenvalue weighted by atomic mass is 19.1. The van der Waals surface area contributed by atoms with E-state index in [0.717, 1.165) is 5.82 Å². The zero-order valence-electron chi connectivity index (χ0n) is 10.7. The van der Waals surface area contributed by atoms with Gasteiger partial charge in [0.25, 0.3) is 0 Å². The summed E-state index contributed by atoms with van der Waals surface area (Å²) in [5.41, 5.74) is 6.43. The summed E-state index contributed by atoms with van der Waals surface area (Å²) >= 11 is 0. The lowest BCUT2D eigenvalue weighted by Gasteiger charge is -2.21. The van der Waals surface area contributed by atoms with Gasteiger partial charge in [-0.2, -0.15) is 0 Å². The van der Waals surface area contributed by atoms with Gasteiger partial charge in [-0.1, -0.05) is 32.0 Å². The molecule has 18 heavy (non-hydrogen) atoms. The topological polar surface area (TPSA) is 43.8 Å². The molecular formula is C14H18FN3. The molecule has 0 bridgehead atoms. The summed E-state index contributed by atoms with van der Waals surface area (Å²) in [6.07, 6.45) is 3.60. The number of aromatic nitrogens is 2. The molecule has 0 fully saturated rings. The van der Waals surface area contributed by atoms with Gasteiger partial charge in [0.2, 0.25) is 0 Å². The maximum absolute atomic E-state index is 13.9. The number of imidazole rings is 1. The smallest absolute Gasteiger partial charge is 0.128 e. The minimum Gasteiger partial charge on any atom is -0.328 e. The normalized spacial score (nSPS) is 12.9. The van der Waals surface area contributed by atoms with E-state index < -0.39 is 0 Å². The van der Waals surface area contributed by atoms with Gasteiger partial charge >= 0.3 is 0 Å². The van der Waals surface area contributed by atoms with E-state index in [4.69, 9.17) is 5.73 Å². The lowest BCUT2D eigenvalue weighted by Crippen LogP contribution is -2.23. The van der Waals surface area contributed by atoms with Crippen LogP contribution in [0.4, 0.5) is 4.39 Å². The Hall–Kier alpha value is -1.68. The van der Waals surface area contributed by atoms with Crippen LogP contribution in [-0.2, 0) is 0 Å². The first kappa shape index (κ1) is 12.8. The zero-order valence-corrected chi connectivity index (χ0v) is 10.7. The predicted molar refractivity (Wildman–Crippen MR) is 69.9 cm³/mol. The summed E-state index contributed by atoms with van der Waals surface area (Å²) in [5.74, 6) is 0.978. The van der Waals surface area contributed by atoms with Crippen LogP contribution in [0.2, 0.25) is 0 Å². The molecule has 0 saturated carbocycles. The largest absolute Gasteiger partial charge is 0.328 e. The number of nitrogens with zero attached hydrogens (tertiary/aromatic N) is 2. The predicted octanol–water partition coefficient (Wildman–Crippen LogP) is 2.69. The van der Waals surface area contributed by atoms with Crippen molar-refractivity contribution in [2.24, 2.45) is 5.73 Å². The third kappa shape index (κ3) is 2.29. The summed E-state index contributed by atoms with van der Waals surface area (Å²) < 4.78 is 15.8. The van der Waals surface area contributed by atoms with Crippen LogP contribution in [0.3, 0.4) is 0 Å². The van der Waals surface area contributed by atoms with Gasteiger partial charge in [-0.05, 0) is 6.07 Å². The molecule has 1 aromatic carbocycles. The van der Waals surface area contributed by atoms with Gasteiger partial charge in [-0.3, -0.25) is 0 Å². The molecule has 0 amide bonds. The van der Waals surface area contributed by atoms with Gasteiger partial charge in [0.05, 0.1) is 6.04 Å². The van der Waals surface area contributed by atoms with E-state index in [9.17, 15) is 4.39 Å². The standard InChI is InChI=1S/C14H18FN3/c1-10(2)14-17-7-8-18(14)13(9-16)11-5-3-4-6-12(11)15/h3-8,10,13H,9,16H2,1-2H3. The van der Waals surface area contributed by atoms with Crippen molar-refractivity contribution in [3.8, 4) is 0 Å². The highest BCUT2D eigenvalue weighted by Crippen LogP contribution is 2.24. The first-order valence-corrected chi connectivity index (χ1v) is 6.12. The van der Waals surface area contributed by atoms with Gasteiger partial charge in [-0.15, -0.1) is 0 Å². The van der Waals surface area contributed by atoms with E-state index in [-0.39, 0.29) is 17.8 Å². The maximum atomic E-state index is 13.9. The Labute approximate surface area is 106 Å². The third-order valence-electron chi connectivity index (χ3n) is 3.04. The first-order chi connectivity index (χ1) is 8.65. The van der Waals surface area contributed by atoms with Crippen LogP contribution in [0, 0.1) is 5.82 Å². The Morgan fingerprint density at radius 3 is 2.67 bits per heavy atom. The molecule has 3 nitrogen and oxygen atoms in total. The molecular weight excluding hydrogens is 229 g/mol. The van der Waals surface area contributed by atoms with Gasteiger partial charge < -0.3 is 10.3 Å².